The van der Waals surface area contributed by atoms with Gasteiger partial charge in [-0.3, -0.25) is 9.36 Å². The van der Waals surface area contributed by atoms with Gasteiger partial charge in [0, 0.05) is 34.0 Å². The topological polar surface area (TPSA) is 75.6 Å². The molecule has 0 aliphatic carbocycles. The molecule has 0 fully saturated rings. The summed E-state index contributed by atoms with van der Waals surface area (Å²) in [4.78, 5) is 16.1. The fourth-order valence-corrected chi connectivity index (χ4v) is 5.05. The molecule has 0 aliphatic rings. The van der Waals surface area contributed by atoms with Gasteiger partial charge in [0.1, 0.15) is 5.82 Å². The molecule has 0 saturated carbocycles. The number of aromatic nitrogens is 4. The van der Waals surface area contributed by atoms with Crippen LogP contribution in [0.2, 0.25) is 0 Å². The van der Waals surface area contributed by atoms with Gasteiger partial charge in [0.25, 0.3) is 0 Å². The predicted octanol–water partition coefficient (Wildman–Crippen LogP) is 6.21. The summed E-state index contributed by atoms with van der Waals surface area (Å²) in [6.45, 7) is 6.01. The van der Waals surface area contributed by atoms with Crippen LogP contribution in [0.25, 0.3) is 28.0 Å². The molecule has 176 valence electrons. The van der Waals surface area contributed by atoms with E-state index in [1.165, 1.54) is 23.9 Å². The van der Waals surface area contributed by atoms with Crippen molar-refractivity contribution >= 4 is 34.3 Å². The van der Waals surface area contributed by atoms with Gasteiger partial charge in [0.15, 0.2) is 11.0 Å². The number of fused-ring (bicyclic) bond motifs is 1. The molecule has 0 radical (unpaired) electrons. The monoisotopic (exact) mass is 485 g/mol. The molecule has 0 atom stereocenters. The van der Waals surface area contributed by atoms with Crippen molar-refractivity contribution in [3.8, 4) is 17.1 Å². The van der Waals surface area contributed by atoms with Crippen LogP contribution in [-0.4, -0.2) is 31.4 Å². The molecule has 2 heterocycles. The molecule has 2 N–H and O–H groups in total. The van der Waals surface area contributed by atoms with E-state index in [2.05, 4.69) is 20.5 Å². The third kappa shape index (κ3) is 4.57. The molecule has 35 heavy (non-hydrogen) atoms. The minimum atomic E-state index is -0.326. The number of para-hydroxylation sites is 1. The van der Waals surface area contributed by atoms with Crippen molar-refractivity contribution in [3.63, 3.8) is 0 Å². The second-order valence-corrected chi connectivity index (χ2v) is 9.42. The summed E-state index contributed by atoms with van der Waals surface area (Å²) in [5.41, 5.74) is 6.61. The predicted molar refractivity (Wildman–Crippen MR) is 139 cm³/mol. The quantitative estimate of drug-likeness (QED) is 0.280. The van der Waals surface area contributed by atoms with Gasteiger partial charge < -0.3 is 10.3 Å². The average Bonchev–Trinajstić information content (AvgIpc) is 3.44. The lowest BCUT2D eigenvalue weighted by Gasteiger charge is -2.13. The summed E-state index contributed by atoms with van der Waals surface area (Å²) in [6.07, 6.45) is 1.89. The molecular formula is C27H24FN5OS. The lowest BCUT2D eigenvalue weighted by Crippen LogP contribution is -2.16. The largest absolute Gasteiger partial charge is 0.360 e. The van der Waals surface area contributed by atoms with Gasteiger partial charge in [0.05, 0.1) is 5.75 Å². The van der Waals surface area contributed by atoms with Crippen LogP contribution in [0.15, 0.2) is 72.0 Å². The minimum Gasteiger partial charge on any atom is -0.360 e. The molecule has 0 aliphatic heterocycles. The first kappa shape index (κ1) is 22.9. The number of carbonyl (C=O) groups excluding carboxylic acids is 1. The first-order valence-electron chi connectivity index (χ1n) is 11.2. The third-order valence-corrected chi connectivity index (χ3v) is 6.75. The number of rotatable bonds is 6. The van der Waals surface area contributed by atoms with Crippen molar-refractivity contribution in [2.24, 2.45) is 0 Å². The zero-order valence-corrected chi connectivity index (χ0v) is 20.4. The molecule has 1 amide bonds. The SMILES string of the molecule is Cc1cc(C)c(NC(=O)CSc2nnc(-c3c[nH]c4ccccc34)n2-c2ccc(F)cc2)c(C)c1. The highest BCUT2D eigenvalue weighted by molar-refractivity contribution is 7.99. The Balaban J connectivity index is 1.46. The Kier molecular flexibility index (Phi) is 6.13. The Bertz CT molecular complexity index is 1510. The molecule has 3 aromatic carbocycles. The molecule has 8 heteroatoms. The number of amides is 1. The highest BCUT2D eigenvalue weighted by Gasteiger charge is 2.20. The van der Waals surface area contributed by atoms with Gasteiger partial charge in [0.2, 0.25) is 5.91 Å². The van der Waals surface area contributed by atoms with Crippen molar-refractivity contribution in [1.82, 2.24) is 19.7 Å². The number of anilines is 1. The van der Waals surface area contributed by atoms with E-state index in [1.807, 2.05) is 67.9 Å². The van der Waals surface area contributed by atoms with Crippen LogP contribution in [0.3, 0.4) is 0 Å². The molecular weight excluding hydrogens is 461 g/mol. The number of H-pyrrole nitrogens is 1. The van der Waals surface area contributed by atoms with E-state index in [4.69, 9.17) is 0 Å². The van der Waals surface area contributed by atoms with Crippen molar-refractivity contribution in [2.75, 3.05) is 11.1 Å². The van der Waals surface area contributed by atoms with Gasteiger partial charge in [-0.15, -0.1) is 10.2 Å². The first-order valence-corrected chi connectivity index (χ1v) is 12.2. The number of carbonyl (C=O) groups is 1. The van der Waals surface area contributed by atoms with Gasteiger partial charge in [-0.05, 0) is 62.2 Å². The molecule has 0 spiro atoms. The van der Waals surface area contributed by atoms with Gasteiger partial charge in [-0.1, -0.05) is 47.7 Å². The fourth-order valence-electron chi connectivity index (χ4n) is 4.30. The van der Waals surface area contributed by atoms with E-state index in [0.717, 1.165) is 38.8 Å². The standard InChI is InChI=1S/C27H24FN5OS/c1-16-12-17(2)25(18(3)13-16)30-24(34)15-35-27-32-31-26(33(27)20-10-8-19(28)9-11-20)22-14-29-23-7-5-4-6-21(22)23/h4-14,29H,15H2,1-3H3,(H,30,34). The lowest BCUT2D eigenvalue weighted by molar-refractivity contribution is -0.113. The Labute approximate surface area is 206 Å². The maximum absolute atomic E-state index is 13.7. The Morgan fingerprint density at radius 3 is 2.49 bits per heavy atom. The molecule has 5 rings (SSSR count). The maximum Gasteiger partial charge on any atom is 0.234 e. The van der Waals surface area contributed by atoms with Crippen molar-refractivity contribution < 1.29 is 9.18 Å². The van der Waals surface area contributed by atoms with Crippen LogP contribution in [0, 0.1) is 26.6 Å². The third-order valence-electron chi connectivity index (χ3n) is 5.82. The van der Waals surface area contributed by atoms with E-state index >= 15 is 0 Å². The summed E-state index contributed by atoms with van der Waals surface area (Å²) in [5.74, 6) is 0.308. The van der Waals surface area contributed by atoms with E-state index in [-0.39, 0.29) is 17.5 Å². The van der Waals surface area contributed by atoms with E-state index in [0.29, 0.717) is 16.7 Å². The number of thioether (sulfide) groups is 1. The highest BCUT2D eigenvalue weighted by atomic mass is 32.2. The van der Waals surface area contributed by atoms with Crippen LogP contribution in [-0.2, 0) is 4.79 Å². The summed E-state index contributed by atoms with van der Waals surface area (Å²) in [7, 11) is 0. The highest BCUT2D eigenvalue weighted by Crippen LogP contribution is 2.32. The molecule has 5 aromatic rings. The normalized spacial score (nSPS) is 11.2. The smallest absolute Gasteiger partial charge is 0.234 e. The number of hydrogen-bond acceptors (Lipinski definition) is 4. The van der Waals surface area contributed by atoms with E-state index in [1.54, 1.807) is 12.1 Å². The van der Waals surface area contributed by atoms with Crippen LogP contribution in [0.1, 0.15) is 16.7 Å². The Morgan fingerprint density at radius 2 is 1.74 bits per heavy atom. The summed E-state index contributed by atoms with van der Waals surface area (Å²) < 4.78 is 15.5. The number of nitrogens with zero attached hydrogens (tertiary/aromatic N) is 3. The van der Waals surface area contributed by atoms with Gasteiger partial charge >= 0.3 is 0 Å². The molecule has 0 unspecified atom stereocenters. The maximum atomic E-state index is 13.7. The van der Waals surface area contributed by atoms with Crippen LogP contribution < -0.4 is 5.32 Å². The van der Waals surface area contributed by atoms with Gasteiger partial charge in [-0.25, -0.2) is 4.39 Å². The van der Waals surface area contributed by atoms with Crippen LogP contribution >= 0.6 is 11.8 Å². The Hall–Kier alpha value is -3.91. The van der Waals surface area contributed by atoms with Crippen molar-refractivity contribution in [2.45, 2.75) is 25.9 Å². The number of hydrogen-bond donors (Lipinski definition) is 2. The summed E-state index contributed by atoms with van der Waals surface area (Å²) in [6, 6.07) is 18.2. The van der Waals surface area contributed by atoms with E-state index < -0.39 is 0 Å². The van der Waals surface area contributed by atoms with Crippen LogP contribution in [0.4, 0.5) is 10.1 Å². The molecule has 6 nitrogen and oxygen atoms in total. The van der Waals surface area contributed by atoms with Crippen molar-refractivity contribution in [1.29, 1.82) is 0 Å². The zero-order chi connectivity index (χ0) is 24.5. The fraction of sp³-hybridized carbons (Fsp3) is 0.148. The number of halogens is 1. The second-order valence-electron chi connectivity index (χ2n) is 8.48. The average molecular weight is 486 g/mol. The van der Waals surface area contributed by atoms with Crippen LogP contribution in [0.5, 0.6) is 0 Å². The number of benzene rings is 3. The summed E-state index contributed by atoms with van der Waals surface area (Å²) in [5, 5.41) is 13.4. The zero-order valence-electron chi connectivity index (χ0n) is 19.6. The van der Waals surface area contributed by atoms with E-state index in [9.17, 15) is 9.18 Å². The molecule has 2 aromatic heterocycles. The first-order chi connectivity index (χ1) is 16.9. The van der Waals surface area contributed by atoms with Crippen molar-refractivity contribution in [3.05, 3.63) is 89.4 Å². The number of nitrogens with one attached hydrogen (secondary N) is 2. The molecule has 0 saturated heterocycles. The minimum absolute atomic E-state index is 0.132. The molecule has 0 bridgehead atoms. The number of aryl methyl sites for hydroxylation is 3. The number of aromatic amines is 1. The lowest BCUT2D eigenvalue weighted by atomic mass is 10.1. The summed E-state index contributed by atoms with van der Waals surface area (Å²) >= 11 is 1.29. The second kappa shape index (κ2) is 9.38. The van der Waals surface area contributed by atoms with Gasteiger partial charge in [-0.2, -0.15) is 0 Å². The Morgan fingerprint density at radius 1 is 1.03 bits per heavy atom.